The van der Waals surface area contributed by atoms with E-state index < -0.39 is 0 Å². The van der Waals surface area contributed by atoms with Crippen molar-refractivity contribution in [3.63, 3.8) is 0 Å². The lowest BCUT2D eigenvalue weighted by Gasteiger charge is -2.32. The highest BCUT2D eigenvalue weighted by atomic mass is 16.5. The van der Waals surface area contributed by atoms with E-state index >= 15 is 0 Å². The van der Waals surface area contributed by atoms with E-state index in [4.69, 9.17) is 4.74 Å². The van der Waals surface area contributed by atoms with Crippen molar-refractivity contribution in [2.24, 2.45) is 7.05 Å². The van der Waals surface area contributed by atoms with Crippen molar-refractivity contribution in [3.8, 4) is 0 Å². The van der Waals surface area contributed by atoms with Crippen molar-refractivity contribution in [2.45, 2.75) is 39.0 Å². The van der Waals surface area contributed by atoms with Crippen molar-refractivity contribution >= 4 is 0 Å². The second-order valence-corrected chi connectivity index (χ2v) is 6.02. The molecular weight excluding hydrogens is 276 g/mol. The predicted molar refractivity (Wildman–Crippen MR) is 85.3 cm³/mol. The lowest BCUT2D eigenvalue weighted by molar-refractivity contribution is -0.0135. The van der Waals surface area contributed by atoms with E-state index in [-0.39, 0.29) is 0 Å². The quantitative estimate of drug-likeness (QED) is 0.850. The van der Waals surface area contributed by atoms with Crippen LogP contribution < -0.4 is 0 Å². The maximum Gasteiger partial charge on any atom is 0.105 e. The van der Waals surface area contributed by atoms with E-state index in [0.29, 0.717) is 12.7 Å². The predicted octanol–water partition coefficient (Wildman–Crippen LogP) is 2.30. The fourth-order valence-corrected chi connectivity index (χ4v) is 2.92. The van der Waals surface area contributed by atoms with E-state index in [1.165, 1.54) is 6.42 Å². The topological polar surface area (TPSA) is 43.2 Å². The van der Waals surface area contributed by atoms with Gasteiger partial charge in [-0.3, -0.25) is 9.88 Å². The van der Waals surface area contributed by atoms with Gasteiger partial charge in [-0.05, 0) is 38.4 Å². The number of imidazole rings is 1. The van der Waals surface area contributed by atoms with Crippen molar-refractivity contribution in [1.82, 2.24) is 19.4 Å². The number of nitrogens with zero attached hydrogens (tertiary/aromatic N) is 4. The highest BCUT2D eigenvalue weighted by Gasteiger charge is 2.21. The summed E-state index contributed by atoms with van der Waals surface area (Å²) in [6.45, 7) is 5.65. The maximum atomic E-state index is 6.04. The van der Waals surface area contributed by atoms with Gasteiger partial charge in [0.15, 0.2) is 0 Å². The third-order valence-electron chi connectivity index (χ3n) is 4.20. The second-order valence-electron chi connectivity index (χ2n) is 6.02. The molecule has 1 atom stereocenters. The monoisotopic (exact) mass is 300 g/mol. The Morgan fingerprint density at radius 1 is 1.32 bits per heavy atom. The molecule has 0 radical (unpaired) electrons. The Kier molecular flexibility index (Phi) is 4.85. The molecule has 2 aromatic rings. The van der Waals surface area contributed by atoms with Crippen LogP contribution in [-0.2, 0) is 24.9 Å². The normalized spacial score (nSPS) is 19.5. The molecule has 5 heteroatoms. The standard InChI is InChI=1S/C17H24N4O/c1-14-19-16(10-20(14)2)11-21-9-5-7-17(12-21)22-13-15-6-3-4-8-18-15/h3-4,6,8,10,17H,5,7,9,11-13H2,1-2H3. The highest BCUT2D eigenvalue weighted by molar-refractivity contribution is 5.03. The van der Waals surface area contributed by atoms with Crippen LogP contribution in [0.2, 0.25) is 0 Å². The number of aromatic nitrogens is 3. The average molecular weight is 300 g/mol. The molecule has 0 saturated carbocycles. The SMILES string of the molecule is Cc1nc(CN2CCCC(OCc3ccccn3)C2)cn1C. The number of hydrogen-bond acceptors (Lipinski definition) is 4. The summed E-state index contributed by atoms with van der Waals surface area (Å²) in [7, 11) is 2.04. The Bertz CT molecular complexity index is 576. The van der Waals surface area contributed by atoms with Gasteiger partial charge in [-0.2, -0.15) is 0 Å². The summed E-state index contributed by atoms with van der Waals surface area (Å²) in [5, 5.41) is 0. The summed E-state index contributed by atoms with van der Waals surface area (Å²) in [6.07, 6.45) is 6.53. The summed E-state index contributed by atoms with van der Waals surface area (Å²) in [6, 6.07) is 5.94. The Labute approximate surface area is 131 Å². The summed E-state index contributed by atoms with van der Waals surface area (Å²) < 4.78 is 8.11. The van der Waals surface area contributed by atoms with Gasteiger partial charge in [-0.1, -0.05) is 6.07 Å². The lowest BCUT2D eigenvalue weighted by Crippen LogP contribution is -2.39. The zero-order chi connectivity index (χ0) is 15.4. The molecule has 1 fully saturated rings. The van der Waals surface area contributed by atoms with E-state index in [0.717, 1.165) is 43.3 Å². The van der Waals surface area contributed by atoms with Crippen LogP contribution in [0.3, 0.4) is 0 Å². The Balaban J connectivity index is 1.50. The molecule has 118 valence electrons. The number of piperidine rings is 1. The zero-order valence-electron chi connectivity index (χ0n) is 13.4. The molecule has 3 rings (SSSR count). The Morgan fingerprint density at radius 3 is 2.95 bits per heavy atom. The van der Waals surface area contributed by atoms with Gasteiger partial charge in [0.1, 0.15) is 5.82 Å². The first kappa shape index (κ1) is 15.2. The minimum Gasteiger partial charge on any atom is -0.371 e. The average Bonchev–Trinajstić information content (AvgIpc) is 2.84. The van der Waals surface area contributed by atoms with Crippen LogP contribution in [-0.4, -0.2) is 38.6 Å². The van der Waals surface area contributed by atoms with Gasteiger partial charge in [0.05, 0.1) is 24.1 Å². The van der Waals surface area contributed by atoms with Crippen LogP contribution in [0, 0.1) is 6.92 Å². The molecule has 1 aliphatic rings. The van der Waals surface area contributed by atoms with Gasteiger partial charge < -0.3 is 9.30 Å². The van der Waals surface area contributed by atoms with Crippen molar-refractivity contribution < 1.29 is 4.74 Å². The van der Waals surface area contributed by atoms with Crippen molar-refractivity contribution in [2.75, 3.05) is 13.1 Å². The smallest absolute Gasteiger partial charge is 0.105 e. The van der Waals surface area contributed by atoms with Gasteiger partial charge >= 0.3 is 0 Å². The van der Waals surface area contributed by atoms with Gasteiger partial charge in [-0.15, -0.1) is 0 Å². The first-order chi connectivity index (χ1) is 10.7. The van der Waals surface area contributed by atoms with E-state index in [9.17, 15) is 0 Å². The molecular formula is C17H24N4O. The van der Waals surface area contributed by atoms with Crippen molar-refractivity contribution in [3.05, 3.63) is 47.8 Å². The molecule has 0 aliphatic carbocycles. The summed E-state index contributed by atoms with van der Waals surface area (Å²) in [5.74, 6) is 1.06. The minimum atomic E-state index is 0.292. The first-order valence-electron chi connectivity index (χ1n) is 7.93. The van der Waals surface area contributed by atoms with Crippen LogP contribution >= 0.6 is 0 Å². The number of rotatable bonds is 5. The van der Waals surface area contributed by atoms with Crippen molar-refractivity contribution in [1.29, 1.82) is 0 Å². The molecule has 0 amide bonds. The molecule has 3 heterocycles. The Morgan fingerprint density at radius 2 is 2.23 bits per heavy atom. The third kappa shape index (κ3) is 3.93. The van der Waals surface area contributed by atoms with Crippen LogP contribution in [0.15, 0.2) is 30.6 Å². The largest absolute Gasteiger partial charge is 0.371 e. The van der Waals surface area contributed by atoms with Gasteiger partial charge in [0.25, 0.3) is 0 Å². The van der Waals surface area contributed by atoms with Crippen LogP contribution in [0.25, 0.3) is 0 Å². The minimum absolute atomic E-state index is 0.292. The van der Waals surface area contributed by atoms with E-state index in [1.54, 1.807) is 0 Å². The zero-order valence-corrected chi connectivity index (χ0v) is 13.4. The maximum absolute atomic E-state index is 6.04. The molecule has 0 aromatic carbocycles. The van der Waals surface area contributed by atoms with E-state index in [1.807, 2.05) is 38.4 Å². The molecule has 0 bridgehead atoms. The molecule has 0 spiro atoms. The van der Waals surface area contributed by atoms with E-state index in [2.05, 4.69) is 25.6 Å². The number of aryl methyl sites for hydroxylation is 2. The molecule has 1 unspecified atom stereocenters. The first-order valence-corrected chi connectivity index (χ1v) is 7.93. The van der Waals surface area contributed by atoms with Gasteiger partial charge in [-0.25, -0.2) is 4.98 Å². The van der Waals surface area contributed by atoms with Gasteiger partial charge in [0.2, 0.25) is 0 Å². The van der Waals surface area contributed by atoms with Crippen LogP contribution in [0.4, 0.5) is 0 Å². The molecule has 2 aromatic heterocycles. The van der Waals surface area contributed by atoms with Gasteiger partial charge in [0, 0.05) is 32.5 Å². The number of hydrogen-bond donors (Lipinski definition) is 0. The fourth-order valence-electron chi connectivity index (χ4n) is 2.92. The second kappa shape index (κ2) is 7.03. The molecule has 5 nitrogen and oxygen atoms in total. The Hall–Kier alpha value is -1.72. The summed E-state index contributed by atoms with van der Waals surface area (Å²) in [4.78, 5) is 11.3. The van der Waals surface area contributed by atoms with Crippen LogP contribution in [0.1, 0.15) is 30.1 Å². The third-order valence-corrected chi connectivity index (χ3v) is 4.20. The number of pyridine rings is 1. The molecule has 1 aliphatic heterocycles. The molecule has 1 saturated heterocycles. The van der Waals surface area contributed by atoms with Crippen LogP contribution in [0.5, 0.6) is 0 Å². The number of likely N-dealkylation sites (tertiary alicyclic amines) is 1. The fraction of sp³-hybridized carbons (Fsp3) is 0.529. The highest BCUT2D eigenvalue weighted by Crippen LogP contribution is 2.17. The number of ether oxygens (including phenoxy) is 1. The summed E-state index contributed by atoms with van der Waals surface area (Å²) in [5.41, 5.74) is 2.14. The molecule has 22 heavy (non-hydrogen) atoms. The summed E-state index contributed by atoms with van der Waals surface area (Å²) >= 11 is 0. The lowest BCUT2D eigenvalue weighted by atomic mass is 10.1. The molecule has 0 N–H and O–H groups in total.